The summed E-state index contributed by atoms with van der Waals surface area (Å²) in [6.07, 6.45) is 2.20. The van der Waals surface area contributed by atoms with E-state index in [1.54, 1.807) is 6.92 Å². The Kier molecular flexibility index (Phi) is 2.48. The molecular formula is C8H10N4O3. The van der Waals surface area contributed by atoms with E-state index in [0.29, 0.717) is 17.4 Å². The van der Waals surface area contributed by atoms with Crippen LogP contribution in [0.4, 0.5) is 10.6 Å². The van der Waals surface area contributed by atoms with Gasteiger partial charge in [-0.15, -0.1) is 0 Å². The van der Waals surface area contributed by atoms with Crippen molar-refractivity contribution in [3.8, 4) is 0 Å². The van der Waals surface area contributed by atoms with Crippen molar-refractivity contribution in [3.63, 3.8) is 0 Å². The smallest absolute Gasteiger partial charge is 0.349 e. The van der Waals surface area contributed by atoms with Crippen molar-refractivity contribution in [2.24, 2.45) is 0 Å². The van der Waals surface area contributed by atoms with E-state index < -0.39 is 12.3 Å². The van der Waals surface area contributed by atoms with Crippen molar-refractivity contribution >= 4 is 11.8 Å². The summed E-state index contributed by atoms with van der Waals surface area (Å²) in [6.45, 7) is 2.22. The molecule has 1 aliphatic rings. The van der Waals surface area contributed by atoms with Gasteiger partial charge in [-0.3, -0.25) is 10.2 Å². The number of ether oxygens (including phenoxy) is 1. The molecule has 1 atom stereocenters. The molecule has 7 nitrogen and oxygen atoms in total. The Bertz CT molecular complexity index is 384. The molecule has 0 fully saturated rings. The predicted molar refractivity (Wildman–Crippen MR) is 49.2 cm³/mol. The standard InChI is InChI=1S/C8H10N4O3/c1-2-15-7-5-6(10-4-3-9-5)12(14)8(13)11-7/h3-4,7,14H,2H2,1H3,(H,11,13). The number of urea groups is 1. The van der Waals surface area contributed by atoms with Crippen LogP contribution in [0.3, 0.4) is 0 Å². The second-order valence-corrected chi connectivity index (χ2v) is 2.86. The molecule has 1 aromatic rings. The summed E-state index contributed by atoms with van der Waals surface area (Å²) in [7, 11) is 0. The number of nitrogens with zero attached hydrogens (tertiary/aromatic N) is 3. The fourth-order valence-electron chi connectivity index (χ4n) is 1.31. The fourth-order valence-corrected chi connectivity index (χ4v) is 1.31. The van der Waals surface area contributed by atoms with Gasteiger partial charge in [0, 0.05) is 19.0 Å². The number of hydroxylamine groups is 1. The fraction of sp³-hybridized carbons (Fsp3) is 0.375. The molecule has 2 amide bonds. The Labute approximate surface area is 85.7 Å². The quantitative estimate of drug-likeness (QED) is 0.691. The first kappa shape index (κ1) is 9.81. The lowest BCUT2D eigenvalue weighted by Crippen LogP contribution is -2.46. The molecule has 0 radical (unpaired) electrons. The summed E-state index contributed by atoms with van der Waals surface area (Å²) in [5, 5.41) is 12.2. The van der Waals surface area contributed by atoms with Crippen LogP contribution in [-0.4, -0.2) is 27.8 Å². The number of anilines is 1. The van der Waals surface area contributed by atoms with Gasteiger partial charge >= 0.3 is 6.03 Å². The van der Waals surface area contributed by atoms with Crippen molar-refractivity contribution in [3.05, 3.63) is 18.1 Å². The van der Waals surface area contributed by atoms with E-state index in [1.165, 1.54) is 12.4 Å². The zero-order valence-corrected chi connectivity index (χ0v) is 8.04. The van der Waals surface area contributed by atoms with Crippen molar-refractivity contribution in [1.82, 2.24) is 15.3 Å². The average molecular weight is 210 g/mol. The van der Waals surface area contributed by atoms with Crippen LogP contribution in [0.25, 0.3) is 0 Å². The van der Waals surface area contributed by atoms with Gasteiger partial charge in [0.15, 0.2) is 12.0 Å². The Hall–Kier alpha value is -1.73. The van der Waals surface area contributed by atoms with Crippen LogP contribution in [0.1, 0.15) is 18.8 Å². The van der Waals surface area contributed by atoms with Crippen molar-refractivity contribution in [1.29, 1.82) is 0 Å². The number of carbonyl (C=O) groups is 1. The summed E-state index contributed by atoms with van der Waals surface area (Å²) < 4.78 is 5.26. The van der Waals surface area contributed by atoms with Crippen molar-refractivity contribution in [2.45, 2.75) is 13.2 Å². The monoisotopic (exact) mass is 210 g/mol. The SMILES string of the molecule is CCOC1NC(=O)N(O)c2nccnc21. The first-order valence-electron chi connectivity index (χ1n) is 4.46. The van der Waals surface area contributed by atoms with Crippen LogP contribution in [0, 0.1) is 0 Å². The number of nitrogens with one attached hydrogen (secondary N) is 1. The molecule has 0 saturated carbocycles. The maximum absolute atomic E-state index is 11.3. The molecule has 1 aliphatic heterocycles. The molecule has 2 heterocycles. The normalized spacial score (nSPS) is 19.7. The lowest BCUT2D eigenvalue weighted by Gasteiger charge is -2.28. The molecule has 0 aromatic carbocycles. The van der Waals surface area contributed by atoms with Gasteiger partial charge < -0.3 is 10.1 Å². The zero-order valence-electron chi connectivity index (χ0n) is 8.04. The summed E-state index contributed by atoms with van der Waals surface area (Å²) in [5.41, 5.74) is 0.390. The second kappa shape index (κ2) is 3.79. The summed E-state index contributed by atoms with van der Waals surface area (Å²) in [4.78, 5) is 19.1. The third-order valence-electron chi connectivity index (χ3n) is 1.94. The molecule has 0 bridgehead atoms. The molecule has 2 N–H and O–H groups in total. The van der Waals surface area contributed by atoms with E-state index in [-0.39, 0.29) is 5.82 Å². The van der Waals surface area contributed by atoms with Gasteiger partial charge in [-0.2, -0.15) is 5.06 Å². The lowest BCUT2D eigenvalue weighted by molar-refractivity contribution is 0.0346. The van der Waals surface area contributed by atoms with Gasteiger partial charge in [0.1, 0.15) is 5.69 Å². The Morgan fingerprint density at radius 1 is 1.60 bits per heavy atom. The summed E-state index contributed by atoms with van der Waals surface area (Å²) >= 11 is 0. The number of amides is 2. The number of carbonyl (C=O) groups excluding carboxylic acids is 1. The third kappa shape index (κ3) is 1.62. The van der Waals surface area contributed by atoms with Gasteiger partial charge in [-0.25, -0.2) is 9.78 Å². The maximum atomic E-state index is 11.3. The van der Waals surface area contributed by atoms with E-state index in [9.17, 15) is 10.0 Å². The van der Waals surface area contributed by atoms with Crippen LogP contribution in [0.15, 0.2) is 12.4 Å². The van der Waals surface area contributed by atoms with E-state index in [0.717, 1.165) is 0 Å². The largest absolute Gasteiger partial charge is 0.353 e. The van der Waals surface area contributed by atoms with Crippen LogP contribution < -0.4 is 10.4 Å². The van der Waals surface area contributed by atoms with Crippen LogP contribution >= 0.6 is 0 Å². The third-order valence-corrected chi connectivity index (χ3v) is 1.94. The summed E-state index contributed by atoms with van der Waals surface area (Å²) in [6, 6.07) is -0.679. The van der Waals surface area contributed by atoms with Gasteiger partial charge in [-0.1, -0.05) is 0 Å². The maximum Gasteiger partial charge on any atom is 0.349 e. The first-order chi connectivity index (χ1) is 7.24. The molecule has 1 aromatic heterocycles. The Morgan fingerprint density at radius 2 is 2.33 bits per heavy atom. The lowest BCUT2D eigenvalue weighted by atomic mass is 10.3. The van der Waals surface area contributed by atoms with Gasteiger partial charge in [-0.05, 0) is 6.92 Å². The molecule has 0 spiro atoms. The first-order valence-corrected chi connectivity index (χ1v) is 4.46. The number of fused-ring (bicyclic) bond motifs is 1. The van der Waals surface area contributed by atoms with E-state index in [4.69, 9.17) is 4.74 Å². The number of aromatic nitrogens is 2. The molecule has 0 saturated heterocycles. The minimum atomic E-state index is -0.679. The van der Waals surface area contributed by atoms with Crippen LogP contribution in [0.2, 0.25) is 0 Å². The molecule has 80 valence electrons. The topological polar surface area (TPSA) is 87.6 Å². The number of hydrogen-bond acceptors (Lipinski definition) is 5. The molecule has 0 aliphatic carbocycles. The minimum absolute atomic E-state index is 0.0969. The average Bonchev–Trinajstić information content (AvgIpc) is 2.26. The number of rotatable bonds is 2. The van der Waals surface area contributed by atoms with E-state index in [2.05, 4.69) is 15.3 Å². The van der Waals surface area contributed by atoms with Crippen molar-refractivity contribution < 1.29 is 14.7 Å². The highest BCUT2D eigenvalue weighted by Crippen LogP contribution is 2.25. The van der Waals surface area contributed by atoms with E-state index >= 15 is 0 Å². The van der Waals surface area contributed by atoms with Gasteiger partial charge in [0.05, 0.1) is 0 Å². The molecule has 1 unspecified atom stereocenters. The summed E-state index contributed by atoms with van der Waals surface area (Å²) in [5.74, 6) is 0.0969. The molecule has 15 heavy (non-hydrogen) atoms. The van der Waals surface area contributed by atoms with Crippen molar-refractivity contribution in [2.75, 3.05) is 11.7 Å². The van der Waals surface area contributed by atoms with E-state index in [1.807, 2.05) is 0 Å². The molecular weight excluding hydrogens is 200 g/mol. The zero-order chi connectivity index (χ0) is 10.8. The highest BCUT2D eigenvalue weighted by molar-refractivity contribution is 5.91. The molecule has 2 rings (SSSR count). The highest BCUT2D eigenvalue weighted by atomic mass is 16.5. The van der Waals surface area contributed by atoms with Gasteiger partial charge in [0.2, 0.25) is 0 Å². The highest BCUT2D eigenvalue weighted by Gasteiger charge is 2.32. The number of hydrogen-bond donors (Lipinski definition) is 2. The second-order valence-electron chi connectivity index (χ2n) is 2.86. The Balaban J connectivity index is 2.40. The minimum Gasteiger partial charge on any atom is -0.353 e. The van der Waals surface area contributed by atoms with Crippen LogP contribution in [-0.2, 0) is 4.74 Å². The predicted octanol–water partition coefficient (Wildman–Crippen LogP) is 0.431. The van der Waals surface area contributed by atoms with Gasteiger partial charge in [0.25, 0.3) is 0 Å². The Morgan fingerprint density at radius 3 is 3.07 bits per heavy atom. The molecule has 7 heteroatoms. The van der Waals surface area contributed by atoms with Crippen LogP contribution in [0.5, 0.6) is 0 Å².